The van der Waals surface area contributed by atoms with E-state index in [9.17, 15) is 4.79 Å². The number of carbonyl (C=O) groups is 1. The van der Waals surface area contributed by atoms with Gasteiger partial charge in [0.25, 0.3) is 0 Å². The molecule has 2 aliphatic heterocycles. The summed E-state index contributed by atoms with van der Waals surface area (Å²) in [5.74, 6) is 0.202. The predicted molar refractivity (Wildman–Crippen MR) is 123 cm³/mol. The molecule has 154 valence electrons. The summed E-state index contributed by atoms with van der Waals surface area (Å²) in [6, 6.07) is 17.5. The number of para-hydroxylation sites is 1. The molecule has 3 aliphatic rings. The molecule has 4 nitrogen and oxygen atoms in total. The van der Waals surface area contributed by atoms with Gasteiger partial charge in [-0.3, -0.25) is 9.69 Å². The Labute approximate surface area is 187 Å². The number of benzene rings is 2. The molecule has 0 bridgehead atoms. The van der Waals surface area contributed by atoms with Crippen LogP contribution in [0.5, 0.6) is 0 Å². The number of aryl methyl sites for hydroxylation is 1. The fraction of sp³-hybridized carbons (Fsp3) is 0.435. The van der Waals surface area contributed by atoms with Crippen LogP contribution >= 0.6 is 28.3 Å². The highest BCUT2D eigenvalue weighted by Crippen LogP contribution is 2.38. The summed E-state index contributed by atoms with van der Waals surface area (Å²) >= 11 is 3.75. The van der Waals surface area contributed by atoms with Crippen molar-refractivity contribution in [3.8, 4) is 0 Å². The third kappa shape index (κ3) is 3.58. The topological polar surface area (TPSA) is 35.6 Å². The number of amides is 1. The van der Waals surface area contributed by atoms with Crippen LogP contribution < -0.4 is 10.2 Å². The van der Waals surface area contributed by atoms with Crippen LogP contribution in [0.4, 0.5) is 5.69 Å². The summed E-state index contributed by atoms with van der Waals surface area (Å²) in [5.41, 5.74) is 3.73. The van der Waals surface area contributed by atoms with Crippen molar-refractivity contribution >= 4 is 39.9 Å². The Morgan fingerprint density at radius 3 is 2.55 bits per heavy atom. The minimum Gasteiger partial charge on any atom is -0.339 e. The first-order valence-electron chi connectivity index (χ1n) is 10.3. The molecule has 29 heavy (non-hydrogen) atoms. The Morgan fingerprint density at radius 1 is 1.03 bits per heavy atom. The lowest BCUT2D eigenvalue weighted by atomic mass is 9.82. The number of carbonyl (C=O) groups excluding carboxylic acids is 1. The normalized spacial score (nSPS) is 23.4. The second kappa shape index (κ2) is 8.29. The van der Waals surface area contributed by atoms with Crippen molar-refractivity contribution in [2.45, 2.75) is 43.7 Å². The largest absolute Gasteiger partial charge is 0.339 e. The maximum Gasteiger partial charge on any atom is 0.247 e. The number of nitrogens with one attached hydrogen (secondary N) is 1. The van der Waals surface area contributed by atoms with Crippen LogP contribution in [0.3, 0.4) is 0 Å². The molecule has 1 aliphatic carbocycles. The molecule has 0 saturated carbocycles. The quantitative estimate of drug-likeness (QED) is 0.707. The fourth-order valence-corrected chi connectivity index (χ4v) is 5.90. The third-order valence-corrected chi connectivity index (χ3v) is 7.69. The molecule has 2 saturated heterocycles. The zero-order valence-electron chi connectivity index (χ0n) is 16.4. The van der Waals surface area contributed by atoms with E-state index in [0.29, 0.717) is 12.7 Å². The van der Waals surface area contributed by atoms with Crippen molar-refractivity contribution in [2.75, 3.05) is 24.7 Å². The maximum absolute atomic E-state index is 12.8. The summed E-state index contributed by atoms with van der Waals surface area (Å²) in [4.78, 5) is 17.8. The monoisotopic (exact) mass is 475 g/mol. The van der Waals surface area contributed by atoms with Gasteiger partial charge in [0, 0.05) is 29.3 Å². The van der Waals surface area contributed by atoms with Gasteiger partial charge in [-0.1, -0.05) is 46.3 Å². The third-order valence-electron chi connectivity index (χ3n) is 6.95. The van der Waals surface area contributed by atoms with Gasteiger partial charge in [0.2, 0.25) is 5.91 Å². The molecule has 1 amide bonds. The zero-order valence-corrected chi connectivity index (χ0v) is 18.8. The predicted octanol–water partition coefficient (Wildman–Crippen LogP) is 4.16. The van der Waals surface area contributed by atoms with E-state index in [4.69, 9.17) is 0 Å². The van der Waals surface area contributed by atoms with Gasteiger partial charge in [-0.15, -0.1) is 12.4 Å². The molecule has 2 fully saturated rings. The van der Waals surface area contributed by atoms with E-state index < -0.39 is 0 Å². The fourth-order valence-electron chi connectivity index (χ4n) is 5.33. The van der Waals surface area contributed by atoms with Gasteiger partial charge in [0.05, 0.1) is 6.67 Å². The van der Waals surface area contributed by atoms with Crippen LogP contribution in [0.1, 0.15) is 30.4 Å². The summed E-state index contributed by atoms with van der Waals surface area (Å²) in [5, 5.41) is 3.11. The van der Waals surface area contributed by atoms with Gasteiger partial charge in [0.15, 0.2) is 0 Å². The van der Waals surface area contributed by atoms with E-state index >= 15 is 0 Å². The van der Waals surface area contributed by atoms with Crippen molar-refractivity contribution in [3.63, 3.8) is 0 Å². The zero-order chi connectivity index (χ0) is 19.1. The Kier molecular flexibility index (Phi) is 5.92. The summed E-state index contributed by atoms with van der Waals surface area (Å²) in [7, 11) is 0. The second-order valence-corrected chi connectivity index (χ2v) is 9.12. The van der Waals surface area contributed by atoms with Crippen molar-refractivity contribution in [1.82, 2.24) is 10.2 Å². The van der Waals surface area contributed by atoms with Crippen molar-refractivity contribution < 1.29 is 4.79 Å². The standard InChI is InChI=1S/C23H26BrN3O.ClH/c24-21-8-4-5-17-9-10-19(15-20(17)21)26-13-11-23(12-14-26)22(28)25-16-27(23)18-6-2-1-3-7-18;/h1-8,19H,9-16H2,(H,25,28);1H. The number of piperidine rings is 1. The molecule has 1 unspecified atom stereocenters. The van der Waals surface area contributed by atoms with Gasteiger partial charge >= 0.3 is 0 Å². The molecule has 0 aromatic heterocycles. The summed E-state index contributed by atoms with van der Waals surface area (Å²) in [6.07, 6.45) is 5.27. The van der Waals surface area contributed by atoms with Crippen LogP contribution in [0.2, 0.25) is 0 Å². The van der Waals surface area contributed by atoms with Crippen molar-refractivity contribution in [2.24, 2.45) is 0 Å². The first-order valence-corrected chi connectivity index (χ1v) is 11.1. The Hall–Kier alpha value is -1.56. The SMILES string of the molecule is Cl.O=C1NCN(c2ccccc2)C12CCN(C1CCc3cccc(Br)c3C1)CC2. The molecular formula is C23H27BrClN3O. The Bertz CT molecular complexity index is 883. The molecule has 1 atom stereocenters. The number of halogens is 2. The molecule has 2 aromatic carbocycles. The lowest BCUT2D eigenvalue weighted by Crippen LogP contribution is -2.58. The molecule has 0 radical (unpaired) electrons. The first kappa shape index (κ1) is 20.7. The van der Waals surface area contributed by atoms with Gasteiger partial charge in [0.1, 0.15) is 5.54 Å². The van der Waals surface area contributed by atoms with Crippen molar-refractivity contribution in [1.29, 1.82) is 0 Å². The van der Waals surface area contributed by atoms with E-state index in [2.05, 4.69) is 73.5 Å². The molecule has 6 heteroatoms. The Morgan fingerprint density at radius 2 is 1.79 bits per heavy atom. The maximum atomic E-state index is 12.8. The van der Waals surface area contributed by atoms with Crippen LogP contribution in [-0.2, 0) is 17.6 Å². The number of anilines is 1. The number of hydrogen-bond acceptors (Lipinski definition) is 3. The molecule has 1 spiro atoms. The number of rotatable bonds is 2. The lowest BCUT2D eigenvalue weighted by Gasteiger charge is -2.46. The van der Waals surface area contributed by atoms with Crippen LogP contribution in [-0.4, -0.2) is 42.1 Å². The molecular weight excluding hydrogens is 450 g/mol. The number of fused-ring (bicyclic) bond motifs is 1. The number of likely N-dealkylation sites (tertiary alicyclic amines) is 1. The molecule has 5 rings (SSSR count). The molecule has 2 aromatic rings. The van der Waals surface area contributed by atoms with Crippen molar-refractivity contribution in [3.05, 3.63) is 64.1 Å². The van der Waals surface area contributed by atoms with Gasteiger partial charge in [-0.2, -0.15) is 0 Å². The minimum atomic E-state index is -0.384. The highest BCUT2D eigenvalue weighted by molar-refractivity contribution is 9.10. The number of hydrogen-bond donors (Lipinski definition) is 1. The smallest absolute Gasteiger partial charge is 0.247 e. The van der Waals surface area contributed by atoms with E-state index in [1.807, 2.05) is 6.07 Å². The number of nitrogens with zero attached hydrogens (tertiary/aromatic N) is 2. The van der Waals surface area contributed by atoms with E-state index in [-0.39, 0.29) is 23.9 Å². The van der Waals surface area contributed by atoms with Gasteiger partial charge in [-0.05, 0) is 61.4 Å². The lowest BCUT2D eigenvalue weighted by molar-refractivity contribution is -0.125. The van der Waals surface area contributed by atoms with Gasteiger partial charge in [-0.25, -0.2) is 0 Å². The van der Waals surface area contributed by atoms with E-state index in [1.165, 1.54) is 22.0 Å². The molecule has 2 heterocycles. The van der Waals surface area contributed by atoms with E-state index in [0.717, 1.165) is 44.5 Å². The Balaban J connectivity index is 0.00000205. The van der Waals surface area contributed by atoms with Crippen LogP contribution in [0.25, 0.3) is 0 Å². The minimum absolute atomic E-state index is 0. The van der Waals surface area contributed by atoms with Crippen LogP contribution in [0.15, 0.2) is 53.0 Å². The van der Waals surface area contributed by atoms with Gasteiger partial charge < -0.3 is 10.2 Å². The van der Waals surface area contributed by atoms with Crippen LogP contribution in [0, 0.1) is 0 Å². The highest BCUT2D eigenvalue weighted by atomic mass is 79.9. The molecule has 1 N–H and O–H groups in total. The highest BCUT2D eigenvalue weighted by Gasteiger charge is 2.50. The first-order chi connectivity index (χ1) is 13.7. The second-order valence-electron chi connectivity index (χ2n) is 8.27. The average molecular weight is 477 g/mol. The summed E-state index contributed by atoms with van der Waals surface area (Å²) < 4.78 is 1.24. The summed E-state index contributed by atoms with van der Waals surface area (Å²) in [6.45, 7) is 2.59. The average Bonchev–Trinajstić information content (AvgIpc) is 3.05. The van der Waals surface area contributed by atoms with E-state index in [1.54, 1.807) is 0 Å².